The third-order valence-corrected chi connectivity index (χ3v) is 3.70. The Bertz CT molecular complexity index is 61.5. The maximum absolute atomic E-state index is 3.52. The number of alkyl halides is 2. The number of rotatable bonds is 0. The molecule has 0 amide bonds. The first-order valence-electron chi connectivity index (χ1n) is 2.63. The van der Waals surface area contributed by atoms with Crippen LogP contribution in [0.3, 0.4) is 0 Å². The molecule has 2 heteroatoms. The van der Waals surface area contributed by atoms with Crippen LogP contribution in [0.15, 0.2) is 0 Å². The summed E-state index contributed by atoms with van der Waals surface area (Å²) < 4.78 is 0.0625. The number of hydrogen-bond acceptors (Lipinski definition) is 0. The minimum atomic E-state index is 0.0625. The average Bonchev–Trinajstić information content (AvgIpc) is 1.25. The molecule has 0 aliphatic carbocycles. The Morgan fingerprint density at radius 2 is 1.00 bits per heavy atom. The zero-order valence-electron chi connectivity index (χ0n) is 5.76. The van der Waals surface area contributed by atoms with Gasteiger partial charge in [0.2, 0.25) is 0 Å². The van der Waals surface area contributed by atoms with Crippen LogP contribution in [0.1, 0.15) is 27.7 Å². The monoisotopic (exact) mass is 242 g/mol. The molecule has 0 aromatic heterocycles. The molecule has 0 bridgehead atoms. The van der Waals surface area contributed by atoms with Crippen molar-refractivity contribution in [3.63, 3.8) is 0 Å². The van der Waals surface area contributed by atoms with Crippen molar-refractivity contribution in [2.75, 3.05) is 0 Å². The van der Waals surface area contributed by atoms with E-state index in [9.17, 15) is 0 Å². The molecule has 0 saturated heterocycles. The minimum absolute atomic E-state index is 0.0625. The summed E-state index contributed by atoms with van der Waals surface area (Å²) in [6.07, 6.45) is 0. The molecular weight excluding hydrogens is 232 g/mol. The average molecular weight is 244 g/mol. The van der Waals surface area contributed by atoms with E-state index in [4.69, 9.17) is 0 Å². The summed E-state index contributed by atoms with van der Waals surface area (Å²) >= 11 is 7.03. The van der Waals surface area contributed by atoms with Crippen molar-refractivity contribution in [2.45, 2.75) is 30.9 Å². The molecule has 0 heterocycles. The highest BCUT2D eigenvalue weighted by Gasteiger charge is 2.31. The van der Waals surface area contributed by atoms with Gasteiger partial charge in [-0.15, -0.1) is 0 Å². The summed E-state index contributed by atoms with van der Waals surface area (Å²) in [4.78, 5) is 0. The fraction of sp³-hybridized carbons (Fsp3) is 1.00. The minimum Gasteiger partial charge on any atom is -0.0725 e. The van der Waals surface area contributed by atoms with Gasteiger partial charge in [-0.2, -0.15) is 0 Å². The maximum Gasteiger partial charge on any atom is 0.0825 e. The largest absolute Gasteiger partial charge is 0.0825 e. The van der Waals surface area contributed by atoms with Gasteiger partial charge in [-0.3, -0.25) is 0 Å². The highest BCUT2D eigenvalue weighted by Crippen LogP contribution is 2.42. The third kappa shape index (κ3) is 2.49. The fourth-order valence-electron chi connectivity index (χ4n) is 0. The lowest BCUT2D eigenvalue weighted by molar-refractivity contribution is 0.396. The lowest BCUT2D eigenvalue weighted by Gasteiger charge is -2.30. The van der Waals surface area contributed by atoms with Crippen LogP contribution < -0.4 is 0 Å². The molecule has 0 aliphatic rings. The molecule has 0 unspecified atom stereocenters. The highest BCUT2D eigenvalue weighted by molar-refractivity contribution is 9.25. The van der Waals surface area contributed by atoms with E-state index < -0.39 is 0 Å². The van der Waals surface area contributed by atoms with E-state index in [-0.39, 0.29) is 8.65 Å². The van der Waals surface area contributed by atoms with Crippen LogP contribution in [0.4, 0.5) is 0 Å². The van der Waals surface area contributed by atoms with Gasteiger partial charge < -0.3 is 0 Å². The van der Waals surface area contributed by atoms with Gasteiger partial charge >= 0.3 is 0 Å². The lowest BCUT2D eigenvalue weighted by atomic mass is 9.93. The smallest absolute Gasteiger partial charge is 0.0725 e. The summed E-state index contributed by atoms with van der Waals surface area (Å²) in [5.74, 6) is 0. The lowest BCUT2D eigenvalue weighted by Crippen LogP contribution is -2.26. The van der Waals surface area contributed by atoms with E-state index in [1.54, 1.807) is 0 Å². The summed E-state index contributed by atoms with van der Waals surface area (Å²) in [5, 5.41) is 0. The second-order valence-corrected chi connectivity index (χ2v) is 7.37. The molecule has 50 valence electrons. The Balaban J connectivity index is 4.02. The SMILES string of the molecule is CC(C)(C)C(C)(Br)Br. The normalized spacial score (nSPS) is 14.2. The Labute approximate surface area is 68.3 Å². The molecule has 0 N–H and O–H groups in total. The quantitative estimate of drug-likeness (QED) is 0.571. The van der Waals surface area contributed by atoms with Gasteiger partial charge in [0, 0.05) is 0 Å². The van der Waals surface area contributed by atoms with Crippen LogP contribution in [0, 0.1) is 5.41 Å². The van der Waals surface area contributed by atoms with Gasteiger partial charge in [-0.1, -0.05) is 52.6 Å². The van der Waals surface area contributed by atoms with Gasteiger partial charge in [0.25, 0.3) is 0 Å². The first-order chi connectivity index (χ1) is 3.25. The molecule has 0 aromatic carbocycles. The summed E-state index contributed by atoms with van der Waals surface area (Å²) in [5.41, 5.74) is 0.271. The zero-order valence-corrected chi connectivity index (χ0v) is 8.93. The van der Waals surface area contributed by atoms with Crippen LogP contribution >= 0.6 is 31.9 Å². The molecule has 0 radical (unpaired) electrons. The molecule has 0 aromatic rings. The summed E-state index contributed by atoms with van der Waals surface area (Å²) in [7, 11) is 0. The van der Waals surface area contributed by atoms with Gasteiger partial charge in [0.05, 0.1) is 3.23 Å². The number of halogens is 2. The molecule has 0 saturated carbocycles. The van der Waals surface area contributed by atoms with Crippen molar-refractivity contribution in [3.05, 3.63) is 0 Å². The van der Waals surface area contributed by atoms with Crippen LogP contribution in [0.25, 0.3) is 0 Å². The van der Waals surface area contributed by atoms with Gasteiger partial charge in [-0.05, 0) is 12.3 Å². The second-order valence-electron chi connectivity index (χ2n) is 3.14. The van der Waals surface area contributed by atoms with Crippen LogP contribution in [-0.4, -0.2) is 3.23 Å². The first kappa shape index (κ1) is 8.96. The molecule has 0 rings (SSSR count). The Kier molecular flexibility index (Phi) is 2.57. The van der Waals surface area contributed by atoms with E-state index >= 15 is 0 Å². The van der Waals surface area contributed by atoms with Crippen molar-refractivity contribution < 1.29 is 0 Å². The van der Waals surface area contributed by atoms with Gasteiger partial charge in [-0.25, -0.2) is 0 Å². The van der Waals surface area contributed by atoms with Crippen molar-refractivity contribution in [1.82, 2.24) is 0 Å². The van der Waals surface area contributed by atoms with E-state index in [2.05, 4.69) is 59.6 Å². The molecule has 0 nitrogen and oxygen atoms in total. The third-order valence-electron chi connectivity index (χ3n) is 1.32. The molecule has 8 heavy (non-hydrogen) atoms. The first-order valence-corrected chi connectivity index (χ1v) is 4.21. The number of hydrogen-bond donors (Lipinski definition) is 0. The standard InChI is InChI=1S/C6H12Br2/c1-5(2,3)6(4,7)8/h1-4H3. The van der Waals surface area contributed by atoms with Crippen molar-refractivity contribution in [2.24, 2.45) is 5.41 Å². The Morgan fingerprint density at radius 1 is 0.875 bits per heavy atom. The zero-order chi connectivity index (χ0) is 7.00. The molecular formula is C6H12Br2. The van der Waals surface area contributed by atoms with E-state index in [1.165, 1.54) is 0 Å². The molecule has 0 fully saturated rings. The predicted octanol–water partition coefficient (Wildman–Crippen LogP) is 3.54. The van der Waals surface area contributed by atoms with E-state index in [0.717, 1.165) is 0 Å². The van der Waals surface area contributed by atoms with Gasteiger partial charge in [0.1, 0.15) is 0 Å². The van der Waals surface area contributed by atoms with Crippen LogP contribution in [0.2, 0.25) is 0 Å². The summed E-state index contributed by atoms with van der Waals surface area (Å²) in [6, 6.07) is 0. The maximum atomic E-state index is 3.52. The predicted molar refractivity (Wildman–Crippen MR) is 45.7 cm³/mol. The van der Waals surface area contributed by atoms with E-state index in [0.29, 0.717) is 0 Å². The summed E-state index contributed by atoms with van der Waals surface area (Å²) in [6.45, 7) is 8.64. The fourth-order valence-corrected chi connectivity index (χ4v) is 0. The van der Waals surface area contributed by atoms with Crippen LogP contribution in [-0.2, 0) is 0 Å². The highest BCUT2D eigenvalue weighted by atomic mass is 79.9. The molecule has 0 aliphatic heterocycles. The Hall–Kier alpha value is 0.960. The topological polar surface area (TPSA) is 0 Å². The Morgan fingerprint density at radius 3 is 1.00 bits per heavy atom. The molecule has 0 spiro atoms. The van der Waals surface area contributed by atoms with Crippen LogP contribution in [0.5, 0.6) is 0 Å². The van der Waals surface area contributed by atoms with Gasteiger partial charge in [0.15, 0.2) is 0 Å². The van der Waals surface area contributed by atoms with Crippen molar-refractivity contribution in [1.29, 1.82) is 0 Å². The molecule has 0 atom stereocenters. The second kappa shape index (κ2) is 2.30. The van der Waals surface area contributed by atoms with E-state index in [1.807, 2.05) is 0 Å². The van der Waals surface area contributed by atoms with Crippen molar-refractivity contribution >= 4 is 31.9 Å². The van der Waals surface area contributed by atoms with Crippen molar-refractivity contribution in [3.8, 4) is 0 Å².